The predicted octanol–water partition coefficient (Wildman–Crippen LogP) is 1.06. The second-order valence-electron chi connectivity index (χ2n) is 9.41. The van der Waals surface area contributed by atoms with Crippen molar-refractivity contribution in [1.82, 2.24) is 0 Å². The van der Waals surface area contributed by atoms with Crippen LogP contribution in [0.25, 0.3) is 0 Å². The monoisotopic (exact) mass is 438 g/mol. The van der Waals surface area contributed by atoms with Crippen LogP contribution in [0, 0.1) is 10.8 Å². The Balaban J connectivity index is 1.88. The first-order chi connectivity index (χ1) is 14.5. The van der Waals surface area contributed by atoms with Gasteiger partial charge >= 0.3 is 17.9 Å². The van der Waals surface area contributed by atoms with Gasteiger partial charge in [-0.3, -0.25) is 14.4 Å². The lowest BCUT2D eigenvalue weighted by atomic mass is 9.45. The Bertz CT molecular complexity index is 831. The summed E-state index contributed by atoms with van der Waals surface area (Å²) < 4.78 is 29.4. The summed E-state index contributed by atoms with van der Waals surface area (Å²) in [6, 6.07) is 0. The zero-order chi connectivity index (χ0) is 22.8. The molecule has 2 bridgehead atoms. The molecule has 172 valence electrons. The summed E-state index contributed by atoms with van der Waals surface area (Å²) in [7, 11) is 0. The molecule has 0 aromatic rings. The van der Waals surface area contributed by atoms with E-state index in [4.69, 9.17) is 23.7 Å². The van der Waals surface area contributed by atoms with Crippen molar-refractivity contribution < 1.29 is 43.2 Å². The minimum Gasteiger partial charge on any atom is -0.465 e. The average molecular weight is 438 g/mol. The minimum absolute atomic E-state index is 0.0296. The Hall–Kier alpha value is -1.97. The maximum Gasteiger partial charge on any atom is 0.302 e. The van der Waals surface area contributed by atoms with Crippen LogP contribution >= 0.6 is 0 Å². The molecule has 1 spiro atoms. The van der Waals surface area contributed by atoms with Crippen LogP contribution in [-0.4, -0.2) is 72.3 Å². The number of aliphatic hydroxyl groups excluding tert-OH is 1. The molecule has 2 aliphatic carbocycles. The number of esters is 3. The van der Waals surface area contributed by atoms with Crippen LogP contribution in [0.2, 0.25) is 0 Å². The van der Waals surface area contributed by atoms with Crippen LogP contribution in [0.15, 0.2) is 11.6 Å². The quantitative estimate of drug-likeness (QED) is 0.297. The summed E-state index contributed by atoms with van der Waals surface area (Å²) in [5.74, 6) is -1.39. The highest BCUT2D eigenvalue weighted by Crippen LogP contribution is 2.70. The molecule has 1 N–H and O–H groups in total. The van der Waals surface area contributed by atoms with E-state index in [2.05, 4.69) is 0 Å². The van der Waals surface area contributed by atoms with Crippen molar-refractivity contribution in [2.45, 2.75) is 83.6 Å². The molecule has 2 aliphatic heterocycles. The zero-order valence-electron chi connectivity index (χ0n) is 18.5. The van der Waals surface area contributed by atoms with E-state index in [9.17, 15) is 19.5 Å². The van der Waals surface area contributed by atoms with Crippen molar-refractivity contribution in [3.63, 3.8) is 0 Å². The smallest absolute Gasteiger partial charge is 0.302 e. The number of epoxide rings is 1. The van der Waals surface area contributed by atoms with E-state index in [0.717, 1.165) is 5.57 Å². The normalized spacial score (nSPS) is 45.2. The molecule has 0 aromatic carbocycles. The maximum atomic E-state index is 12.1. The van der Waals surface area contributed by atoms with Gasteiger partial charge < -0.3 is 28.8 Å². The first kappa shape index (κ1) is 22.2. The van der Waals surface area contributed by atoms with Gasteiger partial charge in [-0.1, -0.05) is 13.0 Å². The zero-order valence-corrected chi connectivity index (χ0v) is 18.5. The highest BCUT2D eigenvalue weighted by atomic mass is 16.7. The number of carbonyl (C=O) groups is 3. The number of fused-ring (bicyclic) bond motifs is 2. The third-order valence-corrected chi connectivity index (χ3v) is 7.75. The minimum atomic E-state index is -0.911. The molecular formula is C22H30O9. The van der Waals surface area contributed by atoms with Crippen molar-refractivity contribution >= 4 is 17.9 Å². The van der Waals surface area contributed by atoms with Gasteiger partial charge in [0.2, 0.25) is 0 Å². The molecule has 0 unspecified atom stereocenters. The van der Waals surface area contributed by atoms with Gasteiger partial charge in [-0.05, 0) is 18.9 Å². The van der Waals surface area contributed by atoms with Gasteiger partial charge in [-0.25, -0.2) is 0 Å². The lowest BCUT2D eigenvalue weighted by Gasteiger charge is -2.66. The predicted molar refractivity (Wildman–Crippen MR) is 105 cm³/mol. The number of carbonyl (C=O) groups excluding carboxylic acids is 3. The Morgan fingerprint density at radius 1 is 1.16 bits per heavy atom. The van der Waals surface area contributed by atoms with E-state index in [1.807, 2.05) is 19.9 Å². The molecule has 0 amide bonds. The lowest BCUT2D eigenvalue weighted by molar-refractivity contribution is -0.319. The average Bonchev–Trinajstić information content (AvgIpc) is 3.44. The van der Waals surface area contributed by atoms with Gasteiger partial charge in [-0.2, -0.15) is 0 Å². The van der Waals surface area contributed by atoms with E-state index in [-0.39, 0.29) is 19.4 Å². The summed E-state index contributed by atoms with van der Waals surface area (Å²) in [6.07, 6.45) is -0.975. The van der Waals surface area contributed by atoms with Crippen LogP contribution in [0.4, 0.5) is 0 Å². The van der Waals surface area contributed by atoms with Crippen molar-refractivity contribution in [3.8, 4) is 0 Å². The summed E-state index contributed by atoms with van der Waals surface area (Å²) in [6.45, 7) is 8.02. The molecule has 0 aromatic heterocycles. The van der Waals surface area contributed by atoms with E-state index >= 15 is 0 Å². The number of ether oxygens (including phenoxy) is 5. The first-order valence-corrected chi connectivity index (χ1v) is 10.6. The van der Waals surface area contributed by atoms with E-state index in [1.54, 1.807) is 0 Å². The number of aliphatic hydroxyl groups is 1. The van der Waals surface area contributed by atoms with Gasteiger partial charge in [0.05, 0.1) is 24.2 Å². The molecular weight excluding hydrogens is 408 g/mol. The van der Waals surface area contributed by atoms with Crippen LogP contribution in [0.3, 0.4) is 0 Å². The molecule has 4 rings (SSSR count). The van der Waals surface area contributed by atoms with Gasteiger partial charge in [0.15, 0.2) is 0 Å². The first-order valence-electron chi connectivity index (χ1n) is 10.6. The van der Waals surface area contributed by atoms with E-state index in [1.165, 1.54) is 20.8 Å². The third-order valence-electron chi connectivity index (χ3n) is 7.75. The third kappa shape index (κ3) is 3.12. The lowest BCUT2D eigenvalue weighted by Crippen LogP contribution is -2.77. The van der Waals surface area contributed by atoms with Crippen LogP contribution in [0.1, 0.15) is 47.5 Å². The van der Waals surface area contributed by atoms with Gasteiger partial charge in [0.25, 0.3) is 0 Å². The van der Waals surface area contributed by atoms with Crippen molar-refractivity contribution in [3.05, 3.63) is 11.6 Å². The fourth-order valence-corrected chi connectivity index (χ4v) is 6.10. The molecule has 0 radical (unpaired) electrons. The highest BCUT2D eigenvalue weighted by Gasteiger charge is 2.83. The van der Waals surface area contributed by atoms with E-state index < -0.39 is 64.9 Å². The number of hydrogen-bond donors (Lipinski definition) is 1. The fourth-order valence-electron chi connectivity index (χ4n) is 6.10. The largest absolute Gasteiger partial charge is 0.465 e. The number of rotatable bonds is 4. The highest BCUT2D eigenvalue weighted by molar-refractivity contribution is 5.67. The van der Waals surface area contributed by atoms with Crippen molar-refractivity contribution in [1.29, 1.82) is 0 Å². The van der Waals surface area contributed by atoms with Crippen molar-refractivity contribution in [2.75, 3.05) is 13.2 Å². The maximum absolute atomic E-state index is 12.1. The summed E-state index contributed by atoms with van der Waals surface area (Å²) >= 11 is 0. The van der Waals surface area contributed by atoms with Crippen molar-refractivity contribution in [2.24, 2.45) is 10.8 Å². The van der Waals surface area contributed by atoms with Crippen LogP contribution in [0.5, 0.6) is 0 Å². The summed E-state index contributed by atoms with van der Waals surface area (Å²) in [5.41, 5.74) is -1.94. The second-order valence-corrected chi connectivity index (χ2v) is 9.41. The Kier molecular flexibility index (Phi) is 5.22. The second kappa shape index (κ2) is 7.28. The van der Waals surface area contributed by atoms with Gasteiger partial charge in [0.1, 0.15) is 30.5 Å². The molecule has 9 nitrogen and oxygen atoms in total. The van der Waals surface area contributed by atoms with Crippen LogP contribution in [-0.2, 0) is 38.1 Å². The standard InChI is InChI=1S/C22H30O9/c1-11-6-18-21(8-15(11)26,9-27-12(2)23)20(5)17(30-14(4)25)7-16(29-13(3)24)19(31-18)22(20)10-28-22/h6,15-19,26H,7-10H2,1-5H3/t15-,16+,17+,18+,19+,20+,21+,22+/m0/s1. The molecule has 3 fully saturated rings. The molecule has 8 atom stereocenters. The molecule has 2 saturated heterocycles. The van der Waals surface area contributed by atoms with E-state index in [0.29, 0.717) is 6.61 Å². The topological polar surface area (TPSA) is 121 Å². The number of hydrogen-bond acceptors (Lipinski definition) is 9. The summed E-state index contributed by atoms with van der Waals surface area (Å²) in [5, 5.41) is 10.8. The van der Waals surface area contributed by atoms with Crippen LogP contribution < -0.4 is 0 Å². The molecule has 9 heteroatoms. The molecule has 31 heavy (non-hydrogen) atoms. The van der Waals surface area contributed by atoms with Gasteiger partial charge in [-0.15, -0.1) is 0 Å². The molecule has 1 saturated carbocycles. The molecule has 4 aliphatic rings. The SMILES string of the molecule is CC(=O)OC[C@]12C[C@H](O)C(C)=C[C@H]1O[C@@H]1[C@H](OC(C)=O)C[C@@H](OC(C)=O)[C@@]2(C)[C@@]12CO2. The Morgan fingerprint density at radius 3 is 2.35 bits per heavy atom. The molecule has 2 heterocycles. The Morgan fingerprint density at radius 2 is 1.81 bits per heavy atom. The summed E-state index contributed by atoms with van der Waals surface area (Å²) in [4.78, 5) is 35.7. The van der Waals surface area contributed by atoms with Gasteiger partial charge in [0, 0.05) is 32.6 Å². The fraction of sp³-hybridized carbons (Fsp3) is 0.773. The Labute approximate surface area is 181 Å².